The first-order chi connectivity index (χ1) is 9.13. The predicted octanol–water partition coefficient (Wildman–Crippen LogP) is 2.40. The van der Waals surface area contributed by atoms with Crippen LogP contribution in [0.15, 0.2) is 0 Å². The second kappa shape index (κ2) is 6.76. The molecular formula is C15H30N2O3. The SMILES string of the molecule is COC(C)(C)CNC1CCCN(C(=O)OC(C)(C)C)C1. The largest absolute Gasteiger partial charge is 0.444 e. The van der Waals surface area contributed by atoms with Crippen molar-refractivity contribution in [2.24, 2.45) is 0 Å². The Labute approximate surface area is 123 Å². The van der Waals surface area contributed by atoms with Crippen molar-refractivity contribution in [3.05, 3.63) is 0 Å². The molecule has 0 spiro atoms. The second-order valence-corrected chi connectivity index (χ2v) is 7.11. The third kappa shape index (κ3) is 6.09. The number of hydrogen-bond donors (Lipinski definition) is 1. The molecule has 0 aliphatic carbocycles. The van der Waals surface area contributed by atoms with E-state index in [1.807, 2.05) is 20.8 Å². The van der Waals surface area contributed by atoms with Gasteiger partial charge in [0.1, 0.15) is 5.60 Å². The molecule has 0 bridgehead atoms. The van der Waals surface area contributed by atoms with Crippen LogP contribution in [0.25, 0.3) is 0 Å². The lowest BCUT2D eigenvalue weighted by atomic mass is 10.0. The Bertz CT molecular complexity index is 324. The van der Waals surface area contributed by atoms with Gasteiger partial charge in [0.05, 0.1) is 5.60 Å². The summed E-state index contributed by atoms with van der Waals surface area (Å²) >= 11 is 0. The topological polar surface area (TPSA) is 50.8 Å². The fourth-order valence-corrected chi connectivity index (χ4v) is 2.10. The first-order valence-corrected chi connectivity index (χ1v) is 7.39. The van der Waals surface area contributed by atoms with Crippen LogP contribution in [-0.2, 0) is 9.47 Å². The predicted molar refractivity (Wildman–Crippen MR) is 79.9 cm³/mol. The number of amides is 1. The summed E-state index contributed by atoms with van der Waals surface area (Å²) in [4.78, 5) is 13.9. The van der Waals surface area contributed by atoms with E-state index in [0.29, 0.717) is 12.6 Å². The molecule has 1 fully saturated rings. The van der Waals surface area contributed by atoms with Crippen LogP contribution in [0.4, 0.5) is 4.79 Å². The number of likely N-dealkylation sites (tertiary alicyclic amines) is 1. The van der Waals surface area contributed by atoms with Gasteiger partial charge in [-0.15, -0.1) is 0 Å². The zero-order valence-electron chi connectivity index (χ0n) is 13.8. The number of methoxy groups -OCH3 is 1. The molecule has 0 saturated carbocycles. The van der Waals surface area contributed by atoms with E-state index in [4.69, 9.17) is 9.47 Å². The van der Waals surface area contributed by atoms with Crippen LogP contribution >= 0.6 is 0 Å². The van der Waals surface area contributed by atoms with E-state index in [0.717, 1.165) is 25.9 Å². The Morgan fingerprint density at radius 1 is 1.30 bits per heavy atom. The molecule has 1 amide bonds. The lowest BCUT2D eigenvalue weighted by molar-refractivity contribution is 0.0102. The molecule has 1 rings (SSSR count). The second-order valence-electron chi connectivity index (χ2n) is 7.11. The number of rotatable bonds is 4. The average Bonchev–Trinajstić information content (AvgIpc) is 2.35. The van der Waals surface area contributed by atoms with Gasteiger partial charge in [-0.3, -0.25) is 0 Å². The first-order valence-electron chi connectivity index (χ1n) is 7.39. The van der Waals surface area contributed by atoms with Crippen LogP contribution in [0.5, 0.6) is 0 Å². The number of carbonyl (C=O) groups excluding carboxylic acids is 1. The van der Waals surface area contributed by atoms with Crippen molar-refractivity contribution in [2.75, 3.05) is 26.7 Å². The van der Waals surface area contributed by atoms with Crippen molar-refractivity contribution < 1.29 is 14.3 Å². The number of nitrogens with one attached hydrogen (secondary N) is 1. The molecule has 1 aliphatic rings. The van der Waals surface area contributed by atoms with Crippen LogP contribution in [-0.4, -0.2) is 55.0 Å². The highest BCUT2D eigenvalue weighted by Gasteiger charge is 2.28. The minimum absolute atomic E-state index is 0.186. The summed E-state index contributed by atoms with van der Waals surface area (Å²) in [5.41, 5.74) is -0.621. The van der Waals surface area contributed by atoms with Crippen molar-refractivity contribution in [3.8, 4) is 0 Å². The Kier molecular flexibility index (Phi) is 5.83. The highest BCUT2D eigenvalue weighted by atomic mass is 16.6. The van der Waals surface area contributed by atoms with Gasteiger partial charge in [0.15, 0.2) is 0 Å². The van der Waals surface area contributed by atoms with E-state index in [1.165, 1.54) is 0 Å². The van der Waals surface area contributed by atoms with Crippen molar-refractivity contribution >= 4 is 6.09 Å². The highest BCUT2D eigenvalue weighted by molar-refractivity contribution is 5.68. The maximum atomic E-state index is 12.1. The number of hydrogen-bond acceptors (Lipinski definition) is 4. The molecule has 0 aromatic carbocycles. The third-order valence-corrected chi connectivity index (χ3v) is 3.44. The fourth-order valence-electron chi connectivity index (χ4n) is 2.10. The summed E-state index contributed by atoms with van der Waals surface area (Å²) in [5.74, 6) is 0. The summed E-state index contributed by atoms with van der Waals surface area (Å²) < 4.78 is 10.8. The summed E-state index contributed by atoms with van der Waals surface area (Å²) in [6.07, 6.45) is 1.87. The third-order valence-electron chi connectivity index (χ3n) is 3.44. The monoisotopic (exact) mass is 286 g/mol. The molecule has 1 heterocycles. The van der Waals surface area contributed by atoms with Crippen LogP contribution in [0, 0.1) is 0 Å². The number of piperidine rings is 1. The van der Waals surface area contributed by atoms with E-state index in [1.54, 1.807) is 12.0 Å². The van der Waals surface area contributed by atoms with Gasteiger partial charge in [-0.2, -0.15) is 0 Å². The van der Waals surface area contributed by atoms with Gasteiger partial charge in [-0.05, 0) is 47.5 Å². The standard InChI is InChI=1S/C15H30N2O3/c1-14(2,3)20-13(18)17-9-7-8-12(10-17)16-11-15(4,5)19-6/h12,16H,7-11H2,1-6H3. The van der Waals surface area contributed by atoms with E-state index >= 15 is 0 Å². The van der Waals surface area contributed by atoms with Crippen molar-refractivity contribution in [3.63, 3.8) is 0 Å². The molecule has 1 unspecified atom stereocenters. The molecule has 0 radical (unpaired) electrons. The molecule has 118 valence electrons. The van der Waals surface area contributed by atoms with Gasteiger partial charge in [-0.1, -0.05) is 0 Å². The summed E-state index contributed by atoms with van der Waals surface area (Å²) in [5, 5.41) is 3.49. The van der Waals surface area contributed by atoms with Crippen LogP contribution < -0.4 is 5.32 Å². The summed E-state index contributed by atoms with van der Waals surface area (Å²) in [6, 6.07) is 0.311. The molecule has 1 saturated heterocycles. The van der Waals surface area contributed by atoms with Crippen molar-refractivity contribution in [2.45, 2.75) is 64.7 Å². The fraction of sp³-hybridized carbons (Fsp3) is 0.933. The molecule has 5 heteroatoms. The first kappa shape index (κ1) is 17.2. The Morgan fingerprint density at radius 2 is 1.95 bits per heavy atom. The van der Waals surface area contributed by atoms with Crippen LogP contribution in [0.3, 0.4) is 0 Å². The molecule has 1 aliphatic heterocycles. The number of nitrogens with zero attached hydrogens (tertiary/aromatic N) is 1. The lowest BCUT2D eigenvalue weighted by Gasteiger charge is -2.36. The van der Waals surface area contributed by atoms with Crippen molar-refractivity contribution in [1.82, 2.24) is 10.2 Å². The summed E-state index contributed by atoms with van der Waals surface area (Å²) in [7, 11) is 1.72. The van der Waals surface area contributed by atoms with E-state index in [2.05, 4.69) is 19.2 Å². The minimum Gasteiger partial charge on any atom is -0.444 e. The molecule has 1 N–H and O–H groups in total. The lowest BCUT2D eigenvalue weighted by Crippen LogP contribution is -2.52. The van der Waals surface area contributed by atoms with Gasteiger partial charge < -0.3 is 19.7 Å². The molecule has 0 aromatic heterocycles. The minimum atomic E-state index is -0.435. The van der Waals surface area contributed by atoms with Crippen LogP contribution in [0.2, 0.25) is 0 Å². The zero-order chi connectivity index (χ0) is 15.4. The normalized spacial score (nSPS) is 20.9. The Balaban J connectivity index is 2.44. The van der Waals surface area contributed by atoms with E-state index in [-0.39, 0.29) is 11.7 Å². The number of carbonyl (C=O) groups is 1. The highest BCUT2D eigenvalue weighted by Crippen LogP contribution is 2.16. The smallest absolute Gasteiger partial charge is 0.410 e. The molecular weight excluding hydrogens is 256 g/mol. The Morgan fingerprint density at radius 3 is 2.50 bits per heavy atom. The molecule has 1 atom stereocenters. The van der Waals surface area contributed by atoms with Crippen LogP contribution in [0.1, 0.15) is 47.5 Å². The van der Waals surface area contributed by atoms with Gasteiger partial charge in [0.25, 0.3) is 0 Å². The average molecular weight is 286 g/mol. The maximum absolute atomic E-state index is 12.1. The zero-order valence-corrected chi connectivity index (χ0v) is 13.8. The maximum Gasteiger partial charge on any atom is 0.410 e. The van der Waals surface area contributed by atoms with Gasteiger partial charge >= 0.3 is 6.09 Å². The summed E-state index contributed by atoms with van der Waals surface area (Å²) in [6.45, 7) is 12.0. The van der Waals surface area contributed by atoms with E-state index in [9.17, 15) is 4.79 Å². The number of ether oxygens (including phenoxy) is 2. The molecule has 0 aromatic rings. The van der Waals surface area contributed by atoms with Crippen molar-refractivity contribution in [1.29, 1.82) is 0 Å². The van der Waals surface area contributed by atoms with Gasteiger partial charge in [0.2, 0.25) is 0 Å². The van der Waals surface area contributed by atoms with Gasteiger partial charge in [0, 0.05) is 32.8 Å². The molecule has 20 heavy (non-hydrogen) atoms. The van der Waals surface area contributed by atoms with E-state index < -0.39 is 5.60 Å². The molecule has 5 nitrogen and oxygen atoms in total. The van der Waals surface area contributed by atoms with Gasteiger partial charge in [-0.25, -0.2) is 4.79 Å². The quantitative estimate of drug-likeness (QED) is 0.862. The Hall–Kier alpha value is -0.810.